The van der Waals surface area contributed by atoms with Gasteiger partial charge in [0.05, 0.1) is 12.2 Å². The van der Waals surface area contributed by atoms with E-state index in [2.05, 4.69) is 17.2 Å². The van der Waals surface area contributed by atoms with E-state index in [1.807, 2.05) is 0 Å². The summed E-state index contributed by atoms with van der Waals surface area (Å²) in [4.78, 5) is 11.1. The van der Waals surface area contributed by atoms with Crippen LogP contribution in [0.2, 0.25) is 0 Å². The summed E-state index contributed by atoms with van der Waals surface area (Å²) in [7, 11) is 0. The van der Waals surface area contributed by atoms with E-state index in [9.17, 15) is 13.6 Å². The van der Waals surface area contributed by atoms with Crippen molar-refractivity contribution in [3.05, 3.63) is 42.5 Å². The highest BCUT2D eigenvalue weighted by Gasteiger charge is 2.05. The van der Waals surface area contributed by atoms with E-state index in [0.717, 1.165) is 12.1 Å². The number of nitrogens with one attached hydrogen (secondary N) is 2. The molecule has 0 unspecified atom stereocenters. The summed E-state index contributed by atoms with van der Waals surface area (Å²) in [6, 6.07) is 3.11. The van der Waals surface area contributed by atoms with Crippen LogP contribution < -0.4 is 10.6 Å². The van der Waals surface area contributed by atoms with Gasteiger partial charge in [0.15, 0.2) is 0 Å². The number of anilines is 1. The highest BCUT2D eigenvalue weighted by Crippen LogP contribution is 2.14. The van der Waals surface area contributed by atoms with Crippen molar-refractivity contribution in [2.75, 3.05) is 18.4 Å². The van der Waals surface area contributed by atoms with Gasteiger partial charge >= 0.3 is 0 Å². The van der Waals surface area contributed by atoms with Crippen molar-refractivity contribution in [3.8, 4) is 0 Å². The smallest absolute Gasteiger partial charge is 0.239 e. The number of rotatable bonds is 5. The summed E-state index contributed by atoms with van der Waals surface area (Å²) in [6.07, 6.45) is 1.54. The summed E-state index contributed by atoms with van der Waals surface area (Å²) >= 11 is 0. The summed E-state index contributed by atoms with van der Waals surface area (Å²) in [5, 5.41) is 5.08. The van der Waals surface area contributed by atoms with Crippen LogP contribution in [0.25, 0.3) is 0 Å². The molecule has 0 aliphatic rings. The van der Waals surface area contributed by atoms with Gasteiger partial charge in [-0.05, 0) is 12.1 Å². The van der Waals surface area contributed by atoms with Crippen LogP contribution in [0, 0.1) is 11.6 Å². The number of halogens is 2. The maximum absolute atomic E-state index is 13.1. The maximum atomic E-state index is 13.1. The molecule has 0 heterocycles. The monoisotopic (exact) mass is 226 g/mol. The Hall–Kier alpha value is -1.91. The van der Waals surface area contributed by atoms with Crippen LogP contribution in [-0.4, -0.2) is 19.0 Å². The molecule has 0 spiro atoms. The van der Waals surface area contributed by atoms with Gasteiger partial charge in [0.2, 0.25) is 5.91 Å². The van der Waals surface area contributed by atoms with Crippen LogP contribution in [0.1, 0.15) is 0 Å². The molecule has 0 aliphatic heterocycles. The Kier molecular flexibility index (Phi) is 4.44. The number of hydrogen-bond acceptors (Lipinski definition) is 2. The Labute approximate surface area is 92.2 Å². The largest absolute Gasteiger partial charge is 0.374 e. The first-order chi connectivity index (χ1) is 7.63. The van der Waals surface area contributed by atoms with E-state index in [1.165, 1.54) is 12.1 Å². The van der Waals surface area contributed by atoms with Crippen LogP contribution in [-0.2, 0) is 4.79 Å². The Balaban J connectivity index is 2.48. The second kappa shape index (κ2) is 5.85. The second-order valence-electron chi connectivity index (χ2n) is 3.07. The number of carbonyl (C=O) groups excluding carboxylic acids is 1. The van der Waals surface area contributed by atoms with Crippen LogP contribution in [0.3, 0.4) is 0 Å². The lowest BCUT2D eigenvalue weighted by Gasteiger charge is -2.07. The zero-order valence-corrected chi connectivity index (χ0v) is 8.59. The predicted octanol–water partition coefficient (Wildman–Crippen LogP) is 1.68. The van der Waals surface area contributed by atoms with Crippen molar-refractivity contribution in [1.29, 1.82) is 0 Å². The molecule has 0 fully saturated rings. The molecule has 5 heteroatoms. The van der Waals surface area contributed by atoms with E-state index < -0.39 is 11.6 Å². The fourth-order valence-electron chi connectivity index (χ4n) is 1.06. The molecular weight excluding hydrogens is 214 g/mol. The zero-order valence-electron chi connectivity index (χ0n) is 8.59. The van der Waals surface area contributed by atoms with Crippen molar-refractivity contribution >= 4 is 11.6 Å². The fourth-order valence-corrected chi connectivity index (χ4v) is 1.06. The minimum Gasteiger partial charge on any atom is -0.374 e. The van der Waals surface area contributed by atoms with Crippen molar-refractivity contribution in [2.45, 2.75) is 0 Å². The molecule has 1 aromatic rings. The van der Waals surface area contributed by atoms with Gasteiger partial charge in [-0.2, -0.15) is 0 Å². The molecule has 86 valence electrons. The fraction of sp³-hybridized carbons (Fsp3) is 0.182. The van der Waals surface area contributed by atoms with Crippen molar-refractivity contribution < 1.29 is 13.6 Å². The third-order valence-electron chi connectivity index (χ3n) is 1.81. The quantitative estimate of drug-likeness (QED) is 0.750. The zero-order chi connectivity index (χ0) is 12.0. The number of carbonyl (C=O) groups is 1. The highest BCUT2D eigenvalue weighted by atomic mass is 19.1. The summed E-state index contributed by atoms with van der Waals surface area (Å²) in [6.45, 7) is 3.72. The van der Waals surface area contributed by atoms with Crippen molar-refractivity contribution in [1.82, 2.24) is 5.32 Å². The molecule has 16 heavy (non-hydrogen) atoms. The third-order valence-corrected chi connectivity index (χ3v) is 1.81. The molecule has 0 aromatic heterocycles. The van der Waals surface area contributed by atoms with Crippen molar-refractivity contribution in [2.24, 2.45) is 0 Å². The Bertz CT molecular complexity index is 394. The molecule has 0 saturated heterocycles. The van der Waals surface area contributed by atoms with Gasteiger partial charge in [0.1, 0.15) is 11.6 Å². The van der Waals surface area contributed by atoms with Gasteiger partial charge < -0.3 is 10.6 Å². The van der Waals surface area contributed by atoms with Crippen LogP contribution >= 0.6 is 0 Å². The minimum atomic E-state index is -0.725. The summed E-state index contributed by atoms with van der Waals surface area (Å²) < 4.78 is 25.7. The number of amides is 1. The van der Waals surface area contributed by atoms with E-state index in [0.29, 0.717) is 6.54 Å². The maximum Gasteiger partial charge on any atom is 0.239 e. The lowest BCUT2D eigenvalue weighted by molar-refractivity contribution is -0.119. The number of benzene rings is 1. The minimum absolute atomic E-state index is 0.0730. The SMILES string of the molecule is C=CCNC(=O)CNc1ccc(F)cc1F. The lowest BCUT2D eigenvalue weighted by Crippen LogP contribution is -2.29. The first-order valence-electron chi connectivity index (χ1n) is 4.70. The summed E-state index contributed by atoms with van der Waals surface area (Å²) in [5.41, 5.74) is 0.0927. The topological polar surface area (TPSA) is 41.1 Å². The Morgan fingerprint density at radius 2 is 2.19 bits per heavy atom. The van der Waals surface area contributed by atoms with Crippen LogP contribution in [0.15, 0.2) is 30.9 Å². The molecule has 1 aromatic carbocycles. The first kappa shape index (κ1) is 12.2. The van der Waals surface area contributed by atoms with Gasteiger partial charge in [-0.15, -0.1) is 6.58 Å². The van der Waals surface area contributed by atoms with Gasteiger partial charge in [0.25, 0.3) is 0 Å². The molecule has 0 bridgehead atoms. The lowest BCUT2D eigenvalue weighted by atomic mass is 10.3. The molecule has 0 radical (unpaired) electrons. The molecule has 1 rings (SSSR count). The van der Waals surface area contributed by atoms with E-state index >= 15 is 0 Å². The standard InChI is InChI=1S/C11H12F2N2O/c1-2-5-14-11(16)7-15-10-4-3-8(12)6-9(10)13/h2-4,6,15H,1,5,7H2,(H,14,16). The second-order valence-corrected chi connectivity index (χ2v) is 3.07. The molecule has 1 amide bonds. The average molecular weight is 226 g/mol. The predicted molar refractivity (Wildman–Crippen MR) is 58.1 cm³/mol. The molecule has 0 saturated carbocycles. The van der Waals surface area contributed by atoms with Crippen molar-refractivity contribution in [3.63, 3.8) is 0 Å². The third kappa shape index (κ3) is 3.68. The first-order valence-corrected chi connectivity index (χ1v) is 4.70. The Morgan fingerprint density at radius 3 is 2.81 bits per heavy atom. The van der Waals surface area contributed by atoms with E-state index in [-0.39, 0.29) is 18.1 Å². The van der Waals surface area contributed by atoms with E-state index in [4.69, 9.17) is 0 Å². The molecule has 2 N–H and O–H groups in total. The van der Waals surface area contributed by atoms with Gasteiger partial charge in [-0.3, -0.25) is 4.79 Å². The van der Waals surface area contributed by atoms with Gasteiger partial charge in [0, 0.05) is 12.6 Å². The van der Waals surface area contributed by atoms with Gasteiger partial charge in [-0.25, -0.2) is 8.78 Å². The Morgan fingerprint density at radius 1 is 1.44 bits per heavy atom. The highest BCUT2D eigenvalue weighted by molar-refractivity contribution is 5.80. The average Bonchev–Trinajstić information content (AvgIpc) is 2.25. The van der Waals surface area contributed by atoms with Crippen LogP contribution in [0.5, 0.6) is 0 Å². The normalized spacial score (nSPS) is 9.62. The summed E-state index contributed by atoms with van der Waals surface area (Å²) in [5.74, 6) is -1.67. The van der Waals surface area contributed by atoms with Gasteiger partial charge in [-0.1, -0.05) is 6.08 Å². The molecular formula is C11H12F2N2O. The molecule has 3 nitrogen and oxygen atoms in total. The van der Waals surface area contributed by atoms with Crippen LogP contribution in [0.4, 0.5) is 14.5 Å². The van der Waals surface area contributed by atoms with E-state index in [1.54, 1.807) is 0 Å². The number of hydrogen-bond donors (Lipinski definition) is 2. The molecule has 0 atom stereocenters. The molecule has 0 aliphatic carbocycles.